The summed E-state index contributed by atoms with van der Waals surface area (Å²) in [5.74, 6) is 2.07. The molecule has 1 fully saturated rings. The van der Waals surface area contributed by atoms with Crippen LogP contribution in [0.1, 0.15) is 45.6 Å². The summed E-state index contributed by atoms with van der Waals surface area (Å²) in [5.41, 5.74) is 0.549. The Morgan fingerprint density at radius 2 is 1.90 bits per heavy atom. The minimum Gasteiger partial charge on any atom is -0.493 e. The Morgan fingerprint density at radius 3 is 2.53 bits per heavy atom. The van der Waals surface area contributed by atoms with Crippen molar-refractivity contribution in [3.8, 4) is 11.5 Å². The van der Waals surface area contributed by atoms with Crippen LogP contribution in [-0.2, 0) is 11.3 Å². The lowest BCUT2D eigenvalue weighted by Gasteiger charge is -2.37. The third kappa shape index (κ3) is 7.00. The molecule has 168 valence electrons. The summed E-state index contributed by atoms with van der Waals surface area (Å²) in [7, 11) is 4.97. The fraction of sp³-hybridized carbons (Fsp3) is 0.636. The van der Waals surface area contributed by atoms with Crippen LogP contribution >= 0.6 is 0 Å². The number of likely N-dealkylation sites (tertiary alicyclic amines) is 1. The number of guanidine groups is 1. The van der Waals surface area contributed by atoms with Crippen LogP contribution in [0, 0.1) is 0 Å². The van der Waals surface area contributed by atoms with Crippen molar-refractivity contribution in [3.63, 3.8) is 0 Å². The zero-order valence-corrected chi connectivity index (χ0v) is 19.1. The van der Waals surface area contributed by atoms with E-state index in [0.29, 0.717) is 30.5 Å². The van der Waals surface area contributed by atoms with Crippen molar-refractivity contribution >= 4 is 12.1 Å². The van der Waals surface area contributed by atoms with Gasteiger partial charge in [-0.2, -0.15) is 0 Å². The minimum absolute atomic E-state index is 0.0771. The number of aliphatic imine (C=N–C) groups is 1. The lowest BCUT2D eigenvalue weighted by molar-refractivity contribution is 0.0104. The van der Waals surface area contributed by atoms with E-state index < -0.39 is 5.60 Å². The molecule has 1 aromatic rings. The molecule has 30 heavy (non-hydrogen) atoms. The Bertz CT molecular complexity index is 730. The van der Waals surface area contributed by atoms with E-state index in [0.717, 1.165) is 31.4 Å². The molecular weight excluding hydrogens is 384 g/mol. The molecule has 8 nitrogen and oxygen atoms in total. The van der Waals surface area contributed by atoms with Crippen molar-refractivity contribution in [3.05, 3.63) is 23.8 Å². The molecule has 1 saturated heterocycles. The lowest BCUT2D eigenvalue weighted by Crippen LogP contribution is -2.52. The van der Waals surface area contributed by atoms with Crippen LogP contribution < -0.4 is 20.1 Å². The molecule has 1 aliphatic rings. The van der Waals surface area contributed by atoms with Crippen LogP contribution in [0.4, 0.5) is 4.79 Å². The van der Waals surface area contributed by atoms with E-state index >= 15 is 0 Å². The van der Waals surface area contributed by atoms with E-state index in [9.17, 15) is 4.79 Å². The molecule has 8 heteroatoms. The van der Waals surface area contributed by atoms with Crippen LogP contribution in [0.15, 0.2) is 23.2 Å². The molecule has 0 aliphatic carbocycles. The molecule has 0 bridgehead atoms. The Morgan fingerprint density at radius 1 is 1.17 bits per heavy atom. The maximum Gasteiger partial charge on any atom is 0.410 e. The van der Waals surface area contributed by atoms with Crippen LogP contribution in [0.25, 0.3) is 0 Å². The molecular formula is C22H36N4O4. The van der Waals surface area contributed by atoms with Gasteiger partial charge in [0.15, 0.2) is 17.5 Å². The minimum atomic E-state index is -0.497. The predicted octanol–water partition coefficient (Wildman–Crippen LogP) is 3.16. The first-order valence-corrected chi connectivity index (χ1v) is 10.4. The summed E-state index contributed by atoms with van der Waals surface area (Å²) >= 11 is 0. The zero-order valence-electron chi connectivity index (χ0n) is 19.1. The first kappa shape index (κ1) is 23.6. The number of hydrogen-bond acceptors (Lipinski definition) is 5. The molecule has 0 spiro atoms. The number of carbonyl (C=O) groups is 1. The second-order valence-electron chi connectivity index (χ2n) is 8.32. The van der Waals surface area contributed by atoms with E-state index in [4.69, 9.17) is 14.2 Å². The van der Waals surface area contributed by atoms with Crippen molar-refractivity contribution in [1.82, 2.24) is 15.5 Å². The monoisotopic (exact) mass is 420 g/mol. The van der Waals surface area contributed by atoms with Gasteiger partial charge in [-0.1, -0.05) is 6.07 Å². The lowest BCUT2D eigenvalue weighted by atomic mass is 10.0. The molecule has 0 radical (unpaired) electrons. The molecule has 2 N–H and O–H groups in total. The fourth-order valence-electron chi connectivity index (χ4n) is 3.39. The topological polar surface area (TPSA) is 84.4 Å². The van der Waals surface area contributed by atoms with Crippen molar-refractivity contribution in [1.29, 1.82) is 0 Å². The molecule has 1 heterocycles. The molecule has 1 aliphatic heterocycles. The van der Waals surface area contributed by atoms with E-state index in [-0.39, 0.29) is 12.1 Å². The Hall–Kier alpha value is -2.64. The van der Waals surface area contributed by atoms with Crippen molar-refractivity contribution in [2.75, 3.05) is 34.4 Å². The van der Waals surface area contributed by atoms with Gasteiger partial charge in [-0.05, 0) is 57.7 Å². The molecule has 0 aromatic heterocycles. The highest BCUT2D eigenvalue weighted by Crippen LogP contribution is 2.27. The standard InChI is InChI=1S/C22H36N4O4/c1-22(2,3)30-21(27)26-12-8-7-9-17(26)15-25-20(23-4)24-14-16-10-11-18(28-5)19(13-16)29-6/h10-11,13,17H,7-9,12,14-15H2,1-6H3,(H2,23,24,25). The maximum absolute atomic E-state index is 12.6. The Balaban J connectivity index is 1.91. The van der Waals surface area contributed by atoms with Crippen LogP contribution in [-0.4, -0.2) is 63.0 Å². The van der Waals surface area contributed by atoms with Gasteiger partial charge in [0.25, 0.3) is 0 Å². The molecule has 1 aromatic carbocycles. The number of hydrogen-bond donors (Lipinski definition) is 2. The number of amides is 1. The average molecular weight is 421 g/mol. The normalized spacial score (nSPS) is 17.3. The number of methoxy groups -OCH3 is 2. The van der Waals surface area contributed by atoms with E-state index in [1.165, 1.54) is 0 Å². The highest BCUT2D eigenvalue weighted by Gasteiger charge is 2.30. The molecule has 0 saturated carbocycles. The Kier molecular flexibility index (Phi) is 8.62. The van der Waals surface area contributed by atoms with Crippen molar-refractivity contribution in [2.45, 2.75) is 58.2 Å². The number of nitrogens with zero attached hydrogens (tertiary/aromatic N) is 2. The maximum atomic E-state index is 12.6. The van der Waals surface area contributed by atoms with Crippen molar-refractivity contribution in [2.24, 2.45) is 4.99 Å². The third-order valence-electron chi connectivity index (χ3n) is 4.89. The summed E-state index contributed by atoms with van der Waals surface area (Å²) in [6.07, 6.45) is 2.80. The molecule has 1 unspecified atom stereocenters. The number of nitrogens with one attached hydrogen (secondary N) is 2. The van der Waals surface area contributed by atoms with E-state index in [2.05, 4.69) is 15.6 Å². The summed E-state index contributed by atoms with van der Waals surface area (Å²) in [4.78, 5) is 18.7. The molecule has 1 atom stereocenters. The van der Waals surface area contributed by atoms with Gasteiger partial charge in [-0.3, -0.25) is 4.99 Å². The van der Waals surface area contributed by atoms with Crippen LogP contribution in [0.2, 0.25) is 0 Å². The van der Waals surface area contributed by atoms with Gasteiger partial charge >= 0.3 is 6.09 Å². The quantitative estimate of drug-likeness (QED) is 0.543. The predicted molar refractivity (Wildman–Crippen MR) is 118 cm³/mol. The number of rotatable bonds is 6. The summed E-state index contributed by atoms with van der Waals surface area (Å²) in [6.45, 7) is 7.59. The summed E-state index contributed by atoms with van der Waals surface area (Å²) in [6, 6.07) is 5.87. The second kappa shape index (κ2) is 10.9. The van der Waals surface area contributed by atoms with Crippen LogP contribution in [0.3, 0.4) is 0 Å². The van der Waals surface area contributed by atoms with Crippen molar-refractivity contribution < 1.29 is 19.0 Å². The van der Waals surface area contributed by atoms with Gasteiger partial charge < -0.3 is 29.7 Å². The number of carbonyl (C=O) groups excluding carboxylic acids is 1. The van der Waals surface area contributed by atoms with E-state index in [1.807, 2.05) is 43.9 Å². The number of piperidine rings is 1. The third-order valence-corrected chi connectivity index (χ3v) is 4.89. The smallest absolute Gasteiger partial charge is 0.410 e. The second-order valence-corrected chi connectivity index (χ2v) is 8.32. The van der Waals surface area contributed by atoms with Gasteiger partial charge in [0.05, 0.1) is 20.3 Å². The number of ether oxygens (including phenoxy) is 3. The first-order valence-electron chi connectivity index (χ1n) is 10.4. The van der Waals surface area contributed by atoms with Gasteiger partial charge in [0.1, 0.15) is 5.60 Å². The van der Waals surface area contributed by atoms with Gasteiger partial charge in [0, 0.05) is 26.7 Å². The highest BCUT2D eigenvalue weighted by atomic mass is 16.6. The fourth-order valence-corrected chi connectivity index (χ4v) is 3.39. The van der Waals surface area contributed by atoms with Gasteiger partial charge in [-0.25, -0.2) is 4.79 Å². The number of benzene rings is 1. The average Bonchev–Trinajstić information content (AvgIpc) is 2.72. The van der Waals surface area contributed by atoms with E-state index in [1.54, 1.807) is 21.3 Å². The van der Waals surface area contributed by atoms with Gasteiger partial charge in [0.2, 0.25) is 0 Å². The zero-order chi connectivity index (χ0) is 22.1. The summed E-state index contributed by atoms with van der Waals surface area (Å²) < 4.78 is 16.2. The molecule has 2 rings (SSSR count). The highest BCUT2D eigenvalue weighted by molar-refractivity contribution is 5.79. The summed E-state index contributed by atoms with van der Waals surface area (Å²) in [5, 5.41) is 6.65. The molecule has 1 amide bonds. The largest absolute Gasteiger partial charge is 0.493 e. The first-order chi connectivity index (χ1) is 14.3. The van der Waals surface area contributed by atoms with Gasteiger partial charge in [-0.15, -0.1) is 0 Å². The van der Waals surface area contributed by atoms with Crippen LogP contribution in [0.5, 0.6) is 11.5 Å². The SMILES string of the molecule is CN=C(NCc1ccc(OC)c(OC)c1)NCC1CCCCN1C(=O)OC(C)(C)C. The Labute approximate surface area is 180 Å².